The van der Waals surface area contributed by atoms with Gasteiger partial charge in [-0.1, -0.05) is 78.9 Å². The number of nitrogens with zero attached hydrogens (tertiary/aromatic N) is 5. The van der Waals surface area contributed by atoms with Crippen LogP contribution in [0.25, 0.3) is 77.7 Å². The van der Waals surface area contributed by atoms with Crippen LogP contribution in [-0.4, -0.2) is 23.1 Å². The Kier molecular flexibility index (Phi) is 4.24. The molecule has 0 spiro atoms. The fourth-order valence-electron chi connectivity index (χ4n) is 7.60. The first-order valence-electron chi connectivity index (χ1n) is 15.2. The monoisotopic (exact) mass is 577 g/mol. The normalized spacial score (nSPS) is 12.6. The van der Waals surface area contributed by atoms with Gasteiger partial charge >= 0.3 is 0 Å². The number of fused-ring (bicyclic) bond motifs is 12. The minimum absolute atomic E-state index is 0.855. The Morgan fingerprint density at radius 2 is 1.11 bits per heavy atom. The Bertz CT molecular complexity index is 2850. The van der Waals surface area contributed by atoms with E-state index < -0.39 is 0 Å². The molecule has 0 saturated carbocycles. The molecule has 6 aromatic carbocycles. The third kappa shape index (κ3) is 2.82. The second kappa shape index (κ2) is 8.21. The van der Waals surface area contributed by atoms with Crippen LogP contribution >= 0.6 is 0 Å². The van der Waals surface area contributed by atoms with Crippen LogP contribution in [0.3, 0.4) is 0 Å². The molecule has 6 heteroatoms. The van der Waals surface area contributed by atoms with E-state index in [0.717, 1.165) is 83.9 Å². The lowest BCUT2D eigenvalue weighted by atomic mass is 10.1. The van der Waals surface area contributed by atoms with E-state index in [0.29, 0.717) is 0 Å². The molecule has 0 unspecified atom stereocenters. The molecule has 11 rings (SSSR count). The van der Waals surface area contributed by atoms with Crippen molar-refractivity contribution in [2.45, 2.75) is 0 Å². The predicted molar refractivity (Wildman–Crippen MR) is 181 cm³/mol. The average Bonchev–Trinajstić information content (AvgIpc) is 3.82. The number of hydrogen-bond donors (Lipinski definition) is 0. The lowest BCUT2D eigenvalue weighted by Gasteiger charge is -2.21. The molecule has 6 nitrogen and oxygen atoms in total. The zero-order valence-electron chi connectivity index (χ0n) is 23.9. The van der Waals surface area contributed by atoms with Gasteiger partial charge in [0, 0.05) is 21.8 Å². The molecule has 0 aliphatic carbocycles. The summed E-state index contributed by atoms with van der Waals surface area (Å²) >= 11 is 0. The van der Waals surface area contributed by atoms with E-state index in [1.807, 2.05) is 12.1 Å². The Balaban J connectivity index is 1.34. The highest BCUT2D eigenvalue weighted by molar-refractivity contribution is 6.18. The fraction of sp³-hybridized carbons (Fsp3) is 0. The summed E-state index contributed by atoms with van der Waals surface area (Å²) in [6.45, 7) is 0. The van der Waals surface area contributed by atoms with Gasteiger partial charge in [-0.15, -0.1) is 0 Å². The van der Waals surface area contributed by atoms with E-state index in [1.54, 1.807) is 0 Å². The molecule has 4 aromatic heterocycles. The molecule has 210 valence electrons. The predicted octanol–water partition coefficient (Wildman–Crippen LogP) is 9.58. The van der Waals surface area contributed by atoms with Crippen LogP contribution in [0.2, 0.25) is 0 Å². The first kappa shape index (κ1) is 23.2. The van der Waals surface area contributed by atoms with Gasteiger partial charge in [0.15, 0.2) is 17.1 Å². The molecule has 0 N–H and O–H groups in total. The maximum Gasteiger partial charge on any atom is 0.222 e. The van der Waals surface area contributed by atoms with E-state index >= 15 is 0 Å². The maximum atomic E-state index is 6.52. The van der Waals surface area contributed by atoms with Crippen LogP contribution in [0, 0.1) is 0 Å². The first-order chi connectivity index (χ1) is 22.4. The topological polar surface area (TPSA) is 41.3 Å². The van der Waals surface area contributed by atoms with Crippen LogP contribution in [0.1, 0.15) is 0 Å². The number of aromatic nitrogens is 5. The van der Waals surface area contributed by atoms with Gasteiger partial charge < -0.3 is 9.30 Å². The Morgan fingerprint density at radius 1 is 0.444 bits per heavy atom. The smallest absolute Gasteiger partial charge is 0.222 e. The lowest BCUT2D eigenvalue weighted by molar-refractivity contribution is 0.476. The second-order valence-electron chi connectivity index (χ2n) is 11.7. The standard InChI is InChI=1S/C39H23N5O/c1-2-12-24(13-3-1)41-29-18-8-9-19-30(29)44-36-26-15-5-7-17-28(26)43(38(36)40-39(41)44)32-22-23-34-37-35(32)25-14-4-6-16-27(25)42(37)31-20-10-11-21-33(31)45-34/h1-23H. The minimum Gasteiger partial charge on any atom is -0.453 e. The number of imidazole rings is 2. The third-order valence-corrected chi connectivity index (χ3v) is 9.35. The van der Waals surface area contributed by atoms with Gasteiger partial charge in [-0.3, -0.25) is 13.5 Å². The van der Waals surface area contributed by atoms with Crippen molar-refractivity contribution in [2.75, 3.05) is 0 Å². The van der Waals surface area contributed by atoms with Crippen LogP contribution in [0.5, 0.6) is 11.5 Å². The van der Waals surface area contributed by atoms with Gasteiger partial charge in [-0.05, 0) is 60.7 Å². The molecule has 10 aromatic rings. The van der Waals surface area contributed by atoms with Crippen molar-refractivity contribution < 1.29 is 4.74 Å². The van der Waals surface area contributed by atoms with Gasteiger partial charge in [0.1, 0.15) is 5.52 Å². The SMILES string of the molecule is c1ccc(-n2c3ccccc3n3c4c5ccccc5n(-c5ccc6c7c5c5ccccc5n7-c5ccccc5O6)c4nc23)cc1. The number of hydrogen-bond acceptors (Lipinski definition) is 2. The number of rotatable bonds is 2. The summed E-state index contributed by atoms with van der Waals surface area (Å²) in [7, 11) is 0. The Hall–Kier alpha value is -6.27. The molecule has 0 atom stereocenters. The zero-order chi connectivity index (χ0) is 29.2. The molecule has 0 amide bonds. The summed E-state index contributed by atoms with van der Waals surface area (Å²) in [5.74, 6) is 2.60. The molecule has 5 heterocycles. The average molecular weight is 578 g/mol. The number of para-hydroxylation sites is 7. The summed E-state index contributed by atoms with van der Waals surface area (Å²) < 4.78 is 15.8. The van der Waals surface area contributed by atoms with Crippen molar-refractivity contribution >= 4 is 60.7 Å². The van der Waals surface area contributed by atoms with Crippen LogP contribution in [-0.2, 0) is 0 Å². The van der Waals surface area contributed by atoms with Gasteiger partial charge in [-0.2, -0.15) is 4.98 Å². The van der Waals surface area contributed by atoms with Crippen molar-refractivity contribution in [1.82, 2.24) is 23.1 Å². The first-order valence-corrected chi connectivity index (χ1v) is 15.2. The van der Waals surface area contributed by atoms with Crippen molar-refractivity contribution in [1.29, 1.82) is 0 Å². The fourth-order valence-corrected chi connectivity index (χ4v) is 7.60. The van der Waals surface area contributed by atoms with E-state index in [2.05, 4.69) is 145 Å². The highest BCUT2D eigenvalue weighted by Crippen LogP contribution is 2.48. The molecule has 0 bridgehead atoms. The van der Waals surface area contributed by atoms with Crippen molar-refractivity contribution in [2.24, 2.45) is 0 Å². The summed E-state index contributed by atoms with van der Waals surface area (Å²) in [5, 5.41) is 3.48. The second-order valence-corrected chi connectivity index (χ2v) is 11.7. The van der Waals surface area contributed by atoms with Crippen LogP contribution in [0.4, 0.5) is 0 Å². The quantitative estimate of drug-likeness (QED) is 0.205. The minimum atomic E-state index is 0.855. The molecular formula is C39H23N5O. The van der Waals surface area contributed by atoms with Crippen molar-refractivity contribution in [3.63, 3.8) is 0 Å². The van der Waals surface area contributed by atoms with E-state index in [1.165, 1.54) is 5.39 Å². The molecule has 45 heavy (non-hydrogen) atoms. The Labute approximate surface area is 256 Å². The van der Waals surface area contributed by atoms with Gasteiger partial charge in [0.25, 0.3) is 0 Å². The highest BCUT2D eigenvalue weighted by Gasteiger charge is 2.28. The van der Waals surface area contributed by atoms with E-state index in [9.17, 15) is 0 Å². The molecule has 0 saturated heterocycles. The highest BCUT2D eigenvalue weighted by atomic mass is 16.5. The Morgan fingerprint density at radius 3 is 1.96 bits per heavy atom. The van der Waals surface area contributed by atoms with Gasteiger partial charge in [-0.25, -0.2) is 0 Å². The summed E-state index contributed by atoms with van der Waals surface area (Å²) in [5.41, 5.74) is 10.8. The molecule has 0 radical (unpaired) electrons. The van der Waals surface area contributed by atoms with Gasteiger partial charge in [0.2, 0.25) is 5.78 Å². The molecular weight excluding hydrogens is 554 g/mol. The zero-order valence-corrected chi connectivity index (χ0v) is 23.9. The third-order valence-electron chi connectivity index (χ3n) is 9.35. The van der Waals surface area contributed by atoms with Gasteiger partial charge in [0.05, 0.1) is 39.0 Å². The van der Waals surface area contributed by atoms with E-state index in [-0.39, 0.29) is 0 Å². The molecule has 1 aliphatic rings. The van der Waals surface area contributed by atoms with Crippen molar-refractivity contribution in [3.8, 4) is 28.6 Å². The summed E-state index contributed by atoms with van der Waals surface area (Å²) in [6, 6.07) is 49.0. The lowest BCUT2D eigenvalue weighted by Crippen LogP contribution is -2.05. The summed E-state index contributed by atoms with van der Waals surface area (Å²) in [6.07, 6.45) is 0. The van der Waals surface area contributed by atoms with Crippen LogP contribution < -0.4 is 4.74 Å². The van der Waals surface area contributed by atoms with E-state index in [4.69, 9.17) is 9.72 Å². The number of ether oxygens (including phenoxy) is 1. The number of benzene rings is 6. The summed E-state index contributed by atoms with van der Waals surface area (Å²) in [4.78, 5) is 5.48. The van der Waals surface area contributed by atoms with Crippen molar-refractivity contribution in [3.05, 3.63) is 140 Å². The molecule has 0 fully saturated rings. The maximum absolute atomic E-state index is 6.52. The van der Waals surface area contributed by atoms with Crippen LogP contribution in [0.15, 0.2) is 140 Å². The largest absolute Gasteiger partial charge is 0.453 e. The molecule has 1 aliphatic heterocycles.